The first-order valence-electron chi connectivity index (χ1n) is 7.77. The van der Waals surface area contributed by atoms with Crippen molar-refractivity contribution in [2.45, 2.75) is 72.6 Å². The summed E-state index contributed by atoms with van der Waals surface area (Å²) < 4.78 is 0. The molecule has 118 valence electrons. The maximum absolute atomic E-state index is 13.0. The number of aryl methyl sites for hydroxylation is 1. The summed E-state index contributed by atoms with van der Waals surface area (Å²) in [5.74, 6) is 0.225. The molecule has 21 heavy (non-hydrogen) atoms. The number of nitrogens with one attached hydrogen (secondary N) is 1. The summed E-state index contributed by atoms with van der Waals surface area (Å²) in [6.07, 6.45) is 0.801. The molecule has 3 unspecified atom stereocenters. The number of carbonyl (C=O) groups excluding carboxylic acids is 1. The van der Waals surface area contributed by atoms with Gasteiger partial charge >= 0.3 is 0 Å². The maximum Gasteiger partial charge on any atom is 0.244 e. The Labute approximate surface area is 132 Å². The molecule has 1 aromatic rings. The van der Waals surface area contributed by atoms with Gasteiger partial charge in [0.05, 0.1) is 5.54 Å². The van der Waals surface area contributed by atoms with Crippen molar-refractivity contribution in [1.82, 2.24) is 10.2 Å². The number of carbonyl (C=O) groups is 1. The highest BCUT2D eigenvalue weighted by Gasteiger charge is 2.50. The second-order valence-electron chi connectivity index (χ2n) is 7.44. The molecule has 0 aliphatic carbocycles. The van der Waals surface area contributed by atoms with Crippen LogP contribution >= 0.6 is 11.3 Å². The third kappa shape index (κ3) is 2.88. The second-order valence-corrected chi connectivity index (χ2v) is 8.75. The van der Waals surface area contributed by atoms with Gasteiger partial charge in [0, 0.05) is 15.8 Å². The van der Waals surface area contributed by atoms with Crippen molar-refractivity contribution in [2.24, 2.45) is 5.41 Å². The molecular formula is C17H28N2OS. The van der Waals surface area contributed by atoms with Crippen molar-refractivity contribution in [3.8, 4) is 0 Å². The molecule has 0 saturated carbocycles. The molecular weight excluding hydrogens is 280 g/mol. The standard InChI is InChI=1S/C17H28N2OS/c1-8-17(7)15(20)19(12(3)16(4,5)6)14(18-17)13-10-9-11(2)21-13/h9-10,12,14,18H,8H2,1-7H3. The maximum atomic E-state index is 13.0. The van der Waals surface area contributed by atoms with Crippen LogP contribution in [0.25, 0.3) is 0 Å². The lowest BCUT2D eigenvalue weighted by molar-refractivity contribution is -0.137. The topological polar surface area (TPSA) is 32.3 Å². The van der Waals surface area contributed by atoms with Crippen LogP contribution in [0, 0.1) is 12.3 Å². The van der Waals surface area contributed by atoms with E-state index in [4.69, 9.17) is 0 Å². The van der Waals surface area contributed by atoms with E-state index in [2.05, 4.69) is 63.9 Å². The van der Waals surface area contributed by atoms with E-state index in [1.165, 1.54) is 9.75 Å². The highest BCUT2D eigenvalue weighted by molar-refractivity contribution is 7.12. The SMILES string of the molecule is CCC1(C)NC(c2ccc(C)s2)N(C(C)C(C)(C)C)C1=O. The van der Waals surface area contributed by atoms with Gasteiger partial charge in [-0.1, -0.05) is 27.7 Å². The fourth-order valence-electron chi connectivity index (χ4n) is 2.71. The summed E-state index contributed by atoms with van der Waals surface area (Å²) in [6.45, 7) is 15.0. The predicted octanol–water partition coefficient (Wildman–Crippen LogP) is 4.09. The van der Waals surface area contributed by atoms with E-state index >= 15 is 0 Å². The quantitative estimate of drug-likeness (QED) is 0.912. The van der Waals surface area contributed by atoms with E-state index < -0.39 is 5.54 Å². The van der Waals surface area contributed by atoms with Gasteiger partial charge in [-0.3, -0.25) is 10.1 Å². The smallest absolute Gasteiger partial charge is 0.244 e. The van der Waals surface area contributed by atoms with E-state index in [9.17, 15) is 4.79 Å². The molecule has 2 rings (SSSR count). The van der Waals surface area contributed by atoms with E-state index in [0.717, 1.165) is 6.42 Å². The molecule has 3 nitrogen and oxygen atoms in total. The summed E-state index contributed by atoms with van der Waals surface area (Å²) in [5, 5.41) is 3.59. The molecule has 4 heteroatoms. The zero-order valence-corrected chi connectivity index (χ0v) is 15.1. The summed E-state index contributed by atoms with van der Waals surface area (Å²) in [5.41, 5.74) is -0.400. The summed E-state index contributed by atoms with van der Waals surface area (Å²) in [6, 6.07) is 4.46. The van der Waals surface area contributed by atoms with Crippen LogP contribution < -0.4 is 5.32 Å². The van der Waals surface area contributed by atoms with Crippen LogP contribution in [0.1, 0.15) is 63.9 Å². The van der Waals surface area contributed by atoms with Gasteiger partial charge in [-0.2, -0.15) is 0 Å². The predicted molar refractivity (Wildman–Crippen MR) is 89.4 cm³/mol. The van der Waals surface area contributed by atoms with Gasteiger partial charge in [-0.05, 0) is 44.7 Å². The van der Waals surface area contributed by atoms with Crippen molar-refractivity contribution < 1.29 is 4.79 Å². The highest BCUT2D eigenvalue weighted by Crippen LogP contribution is 2.40. The first kappa shape index (κ1) is 16.5. The average Bonchev–Trinajstić information content (AvgIpc) is 2.92. The molecule has 0 bridgehead atoms. The van der Waals surface area contributed by atoms with Gasteiger partial charge in [-0.15, -0.1) is 11.3 Å². The Kier molecular flexibility index (Phi) is 4.24. The lowest BCUT2D eigenvalue weighted by atomic mass is 9.86. The van der Waals surface area contributed by atoms with E-state index in [0.29, 0.717) is 0 Å². The van der Waals surface area contributed by atoms with Gasteiger partial charge < -0.3 is 4.90 Å². The van der Waals surface area contributed by atoms with Crippen molar-refractivity contribution in [3.63, 3.8) is 0 Å². The van der Waals surface area contributed by atoms with Crippen molar-refractivity contribution in [1.29, 1.82) is 0 Å². The summed E-state index contributed by atoms with van der Waals surface area (Å²) in [4.78, 5) is 17.6. The Balaban J connectivity index is 2.43. The van der Waals surface area contributed by atoms with Crippen molar-refractivity contribution in [3.05, 3.63) is 21.9 Å². The van der Waals surface area contributed by atoms with Gasteiger partial charge in [0.25, 0.3) is 0 Å². The fraction of sp³-hybridized carbons (Fsp3) is 0.706. The van der Waals surface area contributed by atoms with Gasteiger partial charge in [0.2, 0.25) is 5.91 Å². The Morgan fingerprint density at radius 2 is 2.05 bits per heavy atom. The normalized spacial score (nSPS) is 28.2. The largest absolute Gasteiger partial charge is 0.317 e. The number of hydrogen-bond acceptors (Lipinski definition) is 3. The lowest BCUT2D eigenvalue weighted by Gasteiger charge is -2.38. The third-order valence-corrected chi connectivity index (χ3v) is 5.90. The zero-order valence-electron chi connectivity index (χ0n) is 14.3. The van der Waals surface area contributed by atoms with Gasteiger partial charge in [-0.25, -0.2) is 0 Å². The molecule has 1 N–H and O–H groups in total. The number of rotatable bonds is 3. The van der Waals surface area contributed by atoms with Crippen LogP contribution in [-0.2, 0) is 4.79 Å². The Morgan fingerprint density at radius 1 is 1.43 bits per heavy atom. The number of amides is 1. The Bertz CT molecular complexity index is 531. The van der Waals surface area contributed by atoms with Crippen LogP contribution in [0.15, 0.2) is 12.1 Å². The number of hydrogen-bond donors (Lipinski definition) is 1. The molecule has 0 radical (unpaired) electrons. The minimum Gasteiger partial charge on any atom is -0.317 e. The lowest BCUT2D eigenvalue weighted by Crippen LogP contribution is -2.47. The van der Waals surface area contributed by atoms with Crippen LogP contribution in [0.3, 0.4) is 0 Å². The van der Waals surface area contributed by atoms with Crippen LogP contribution in [0.2, 0.25) is 0 Å². The first-order valence-corrected chi connectivity index (χ1v) is 8.58. The van der Waals surface area contributed by atoms with E-state index in [-0.39, 0.29) is 23.5 Å². The average molecular weight is 308 g/mol. The van der Waals surface area contributed by atoms with Crippen LogP contribution in [-0.4, -0.2) is 22.4 Å². The Morgan fingerprint density at radius 3 is 2.48 bits per heavy atom. The molecule has 1 amide bonds. The van der Waals surface area contributed by atoms with Gasteiger partial charge in [0.15, 0.2) is 0 Å². The molecule has 1 aromatic heterocycles. The molecule has 2 heterocycles. The first-order chi connectivity index (χ1) is 9.60. The highest BCUT2D eigenvalue weighted by atomic mass is 32.1. The second kappa shape index (κ2) is 5.40. The van der Waals surface area contributed by atoms with E-state index in [1.807, 2.05) is 6.92 Å². The fourth-order valence-corrected chi connectivity index (χ4v) is 3.64. The summed E-state index contributed by atoms with van der Waals surface area (Å²) >= 11 is 1.77. The van der Waals surface area contributed by atoms with Crippen molar-refractivity contribution in [2.75, 3.05) is 0 Å². The monoisotopic (exact) mass is 308 g/mol. The minimum absolute atomic E-state index is 0.00428. The minimum atomic E-state index is -0.456. The van der Waals surface area contributed by atoms with Crippen molar-refractivity contribution >= 4 is 17.2 Å². The van der Waals surface area contributed by atoms with E-state index in [1.54, 1.807) is 11.3 Å². The third-order valence-electron chi connectivity index (χ3n) is 4.85. The number of nitrogens with zero attached hydrogens (tertiary/aromatic N) is 1. The Hall–Kier alpha value is -0.870. The van der Waals surface area contributed by atoms with Crippen LogP contribution in [0.5, 0.6) is 0 Å². The molecule has 0 aromatic carbocycles. The molecule has 1 saturated heterocycles. The number of thiophene rings is 1. The molecule has 3 atom stereocenters. The molecule has 1 aliphatic heterocycles. The zero-order chi connectivity index (χ0) is 16.0. The molecule has 0 spiro atoms. The molecule has 1 fully saturated rings. The van der Waals surface area contributed by atoms with Crippen LogP contribution in [0.4, 0.5) is 0 Å². The molecule has 1 aliphatic rings. The summed E-state index contributed by atoms with van der Waals surface area (Å²) in [7, 11) is 0. The van der Waals surface area contributed by atoms with Gasteiger partial charge in [0.1, 0.15) is 6.17 Å².